The third-order valence-corrected chi connectivity index (χ3v) is 7.40. The zero-order chi connectivity index (χ0) is 29.2. The maximum atomic E-state index is 13.5. The van der Waals surface area contributed by atoms with E-state index < -0.39 is 11.2 Å². The summed E-state index contributed by atoms with van der Waals surface area (Å²) in [6.45, 7) is 4.90. The van der Waals surface area contributed by atoms with Crippen LogP contribution in [0.3, 0.4) is 0 Å². The lowest BCUT2D eigenvalue weighted by atomic mass is 10.1. The summed E-state index contributed by atoms with van der Waals surface area (Å²) in [5.41, 5.74) is 2.67. The van der Waals surface area contributed by atoms with Gasteiger partial charge in [0.15, 0.2) is 5.17 Å². The van der Waals surface area contributed by atoms with E-state index in [1.165, 1.54) is 11.8 Å². The SMILES string of the molecule is CCOC(=O)c1ccc(N=C2SC(CC(=O)Nc3ccc(OCC)cc3)C(=O)N2CCc2ccc(OC)cc2)cc1. The Morgan fingerprint density at radius 3 is 2.24 bits per heavy atom. The Bertz CT molecular complexity index is 1370. The summed E-state index contributed by atoms with van der Waals surface area (Å²) in [5, 5.41) is 2.75. The molecular formula is C31H33N3O6S. The molecule has 1 saturated heterocycles. The number of anilines is 1. The van der Waals surface area contributed by atoms with Gasteiger partial charge in [-0.05, 0) is 86.5 Å². The molecule has 3 aromatic carbocycles. The van der Waals surface area contributed by atoms with Crippen LogP contribution in [0.5, 0.6) is 11.5 Å². The molecule has 1 N–H and O–H groups in total. The number of nitrogens with zero attached hydrogens (tertiary/aromatic N) is 2. The van der Waals surface area contributed by atoms with E-state index in [4.69, 9.17) is 19.2 Å². The molecule has 9 nitrogen and oxygen atoms in total. The molecule has 1 heterocycles. The van der Waals surface area contributed by atoms with E-state index in [1.54, 1.807) is 67.5 Å². The van der Waals surface area contributed by atoms with Crippen LogP contribution < -0.4 is 14.8 Å². The normalized spacial score (nSPS) is 15.6. The van der Waals surface area contributed by atoms with Crippen LogP contribution in [0.15, 0.2) is 77.8 Å². The number of thioether (sulfide) groups is 1. The molecule has 214 valence electrons. The molecule has 1 fully saturated rings. The van der Waals surface area contributed by atoms with Crippen molar-refractivity contribution < 1.29 is 28.6 Å². The average Bonchev–Trinajstić information content (AvgIpc) is 3.26. The fourth-order valence-electron chi connectivity index (χ4n) is 4.14. The van der Waals surface area contributed by atoms with Crippen molar-refractivity contribution in [3.63, 3.8) is 0 Å². The van der Waals surface area contributed by atoms with Gasteiger partial charge in [0, 0.05) is 18.7 Å². The van der Waals surface area contributed by atoms with E-state index in [1.807, 2.05) is 31.2 Å². The highest BCUT2D eigenvalue weighted by Crippen LogP contribution is 2.32. The quantitative estimate of drug-likeness (QED) is 0.285. The lowest BCUT2D eigenvalue weighted by Gasteiger charge is -2.17. The number of nitrogens with one attached hydrogen (secondary N) is 1. The monoisotopic (exact) mass is 575 g/mol. The molecule has 0 aliphatic carbocycles. The molecule has 41 heavy (non-hydrogen) atoms. The second kappa shape index (κ2) is 14.4. The van der Waals surface area contributed by atoms with E-state index in [0.29, 0.717) is 48.3 Å². The van der Waals surface area contributed by atoms with Gasteiger partial charge in [-0.3, -0.25) is 14.5 Å². The Labute approximate surface area is 243 Å². The second-order valence-corrected chi connectivity index (χ2v) is 10.2. The van der Waals surface area contributed by atoms with Gasteiger partial charge in [-0.25, -0.2) is 9.79 Å². The molecule has 1 aliphatic rings. The summed E-state index contributed by atoms with van der Waals surface area (Å²) in [5.74, 6) is 0.628. The molecule has 1 atom stereocenters. The topological polar surface area (TPSA) is 107 Å². The smallest absolute Gasteiger partial charge is 0.338 e. The number of hydrogen-bond acceptors (Lipinski definition) is 8. The third kappa shape index (κ3) is 8.11. The van der Waals surface area contributed by atoms with Crippen molar-refractivity contribution in [2.75, 3.05) is 32.2 Å². The Balaban J connectivity index is 1.49. The largest absolute Gasteiger partial charge is 0.497 e. The number of carbonyl (C=O) groups is 3. The standard InChI is InChI=1S/C31H33N3O6S/c1-4-39-26-16-12-23(13-17-26)32-28(35)20-27-29(36)34(19-18-21-6-14-25(38-3)15-7-21)31(41-27)33-24-10-8-22(9-11-24)30(37)40-5-2/h6-17,27H,4-5,18-20H2,1-3H3,(H,32,35). The fourth-order valence-corrected chi connectivity index (χ4v) is 5.33. The van der Waals surface area contributed by atoms with Gasteiger partial charge >= 0.3 is 5.97 Å². The van der Waals surface area contributed by atoms with Crippen LogP contribution in [0, 0.1) is 0 Å². The lowest BCUT2D eigenvalue weighted by molar-refractivity contribution is -0.128. The molecule has 0 bridgehead atoms. The van der Waals surface area contributed by atoms with Gasteiger partial charge in [-0.2, -0.15) is 0 Å². The minimum atomic E-state index is -0.619. The summed E-state index contributed by atoms with van der Waals surface area (Å²) >= 11 is 1.26. The van der Waals surface area contributed by atoms with Crippen molar-refractivity contribution in [3.05, 3.63) is 83.9 Å². The number of amides is 2. The Morgan fingerprint density at radius 1 is 0.927 bits per heavy atom. The zero-order valence-electron chi connectivity index (χ0n) is 23.3. The van der Waals surface area contributed by atoms with Crippen molar-refractivity contribution in [1.29, 1.82) is 0 Å². The first-order chi connectivity index (χ1) is 19.9. The number of carbonyl (C=O) groups excluding carboxylic acids is 3. The summed E-state index contributed by atoms with van der Waals surface area (Å²) in [7, 11) is 1.61. The van der Waals surface area contributed by atoms with Gasteiger partial charge in [-0.1, -0.05) is 23.9 Å². The molecular weight excluding hydrogens is 542 g/mol. The molecule has 1 unspecified atom stereocenters. The maximum absolute atomic E-state index is 13.5. The predicted molar refractivity (Wildman–Crippen MR) is 160 cm³/mol. The number of rotatable bonds is 12. The van der Waals surface area contributed by atoms with E-state index in [2.05, 4.69) is 5.32 Å². The minimum Gasteiger partial charge on any atom is -0.497 e. The molecule has 1 aliphatic heterocycles. The highest BCUT2D eigenvalue weighted by Gasteiger charge is 2.39. The Kier molecular flexibility index (Phi) is 10.4. The van der Waals surface area contributed by atoms with Gasteiger partial charge in [0.1, 0.15) is 16.7 Å². The van der Waals surface area contributed by atoms with Crippen LogP contribution in [0.4, 0.5) is 11.4 Å². The van der Waals surface area contributed by atoms with Crippen molar-refractivity contribution in [2.24, 2.45) is 4.99 Å². The predicted octanol–water partition coefficient (Wildman–Crippen LogP) is 5.47. The van der Waals surface area contributed by atoms with Crippen LogP contribution >= 0.6 is 11.8 Å². The Morgan fingerprint density at radius 2 is 1.61 bits per heavy atom. The summed E-state index contributed by atoms with van der Waals surface area (Å²) in [6, 6.07) is 21.5. The van der Waals surface area contributed by atoms with Crippen molar-refractivity contribution in [3.8, 4) is 11.5 Å². The van der Waals surface area contributed by atoms with Crippen molar-refractivity contribution in [2.45, 2.75) is 31.9 Å². The van der Waals surface area contributed by atoms with Gasteiger partial charge in [0.05, 0.1) is 31.6 Å². The van der Waals surface area contributed by atoms with Crippen LogP contribution in [-0.2, 0) is 20.7 Å². The number of aliphatic imine (C=N–C) groups is 1. The van der Waals surface area contributed by atoms with Crippen LogP contribution in [0.2, 0.25) is 0 Å². The third-order valence-electron chi connectivity index (χ3n) is 6.23. The van der Waals surface area contributed by atoms with Gasteiger partial charge < -0.3 is 19.5 Å². The molecule has 3 aromatic rings. The average molecular weight is 576 g/mol. The molecule has 2 amide bonds. The Hall–Kier alpha value is -4.31. The first-order valence-electron chi connectivity index (χ1n) is 13.4. The number of esters is 1. The van der Waals surface area contributed by atoms with E-state index in [0.717, 1.165) is 17.1 Å². The molecule has 0 radical (unpaired) electrons. The number of benzene rings is 3. The number of ether oxygens (including phenoxy) is 3. The second-order valence-electron chi connectivity index (χ2n) is 9.07. The van der Waals surface area contributed by atoms with E-state index in [-0.39, 0.29) is 18.2 Å². The van der Waals surface area contributed by atoms with Gasteiger partial charge in [0.25, 0.3) is 0 Å². The summed E-state index contributed by atoms with van der Waals surface area (Å²) in [6.07, 6.45) is 0.596. The number of hydrogen-bond donors (Lipinski definition) is 1. The van der Waals surface area contributed by atoms with Crippen molar-refractivity contribution >= 4 is 46.1 Å². The van der Waals surface area contributed by atoms with Crippen LogP contribution in [0.25, 0.3) is 0 Å². The highest BCUT2D eigenvalue weighted by atomic mass is 32.2. The number of methoxy groups -OCH3 is 1. The highest BCUT2D eigenvalue weighted by molar-refractivity contribution is 8.15. The fraction of sp³-hybridized carbons (Fsp3) is 0.290. The molecule has 0 spiro atoms. The molecule has 4 rings (SSSR count). The molecule has 0 saturated carbocycles. The van der Waals surface area contributed by atoms with Gasteiger partial charge in [0.2, 0.25) is 11.8 Å². The molecule has 0 aromatic heterocycles. The zero-order valence-corrected chi connectivity index (χ0v) is 24.1. The van der Waals surface area contributed by atoms with Gasteiger partial charge in [-0.15, -0.1) is 0 Å². The van der Waals surface area contributed by atoms with Crippen LogP contribution in [0.1, 0.15) is 36.2 Å². The lowest BCUT2D eigenvalue weighted by Crippen LogP contribution is -2.35. The first kappa shape index (κ1) is 29.7. The maximum Gasteiger partial charge on any atom is 0.338 e. The minimum absolute atomic E-state index is 0.00341. The molecule has 10 heteroatoms. The van der Waals surface area contributed by atoms with E-state index >= 15 is 0 Å². The summed E-state index contributed by atoms with van der Waals surface area (Å²) in [4.78, 5) is 44.7. The van der Waals surface area contributed by atoms with E-state index in [9.17, 15) is 14.4 Å². The first-order valence-corrected chi connectivity index (χ1v) is 14.3. The summed E-state index contributed by atoms with van der Waals surface area (Å²) < 4.78 is 15.7. The number of amidine groups is 1. The van der Waals surface area contributed by atoms with Crippen molar-refractivity contribution in [1.82, 2.24) is 4.90 Å². The van der Waals surface area contributed by atoms with Crippen LogP contribution in [-0.4, -0.2) is 60.0 Å².